The van der Waals surface area contributed by atoms with E-state index < -0.39 is 0 Å². The zero-order chi connectivity index (χ0) is 15.0. The van der Waals surface area contributed by atoms with Gasteiger partial charge in [0.25, 0.3) is 5.91 Å². The van der Waals surface area contributed by atoms with Crippen LogP contribution >= 0.6 is 23.2 Å². The van der Waals surface area contributed by atoms with Crippen LogP contribution in [0, 0.1) is 0 Å². The van der Waals surface area contributed by atoms with Crippen molar-refractivity contribution < 1.29 is 9.53 Å². The highest BCUT2D eigenvalue weighted by atomic mass is 35.5. The number of carbonyl (C=O) groups excluding carboxylic acids is 1. The lowest BCUT2D eigenvalue weighted by Gasteiger charge is -2.07. The zero-order valence-electron chi connectivity index (χ0n) is 11.6. The van der Waals surface area contributed by atoms with Gasteiger partial charge in [0.05, 0.1) is 5.02 Å². The normalized spacial score (nSPS) is 11.3. The molecule has 0 spiro atoms. The number of carbonyl (C=O) groups is 1. The van der Waals surface area contributed by atoms with Crippen LogP contribution in [0.3, 0.4) is 0 Å². The fourth-order valence-electron chi connectivity index (χ4n) is 1.41. The van der Waals surface area contributed by atoms with Crippen molar-refractivity contribution in [3.63, 3.8) is 0 Å². The van der Waals surface area contributed by atoms with Crippen molar-refractivity contribution >= 4 is 34.8 Å². The number of halogens is 2. The number of hydrogen-bond donors (Lipinski definition) is 1. The molecule has 6 heteroatoms. The van der Waals surface area contributed by atoms with E-state index in [1.807, 2.05) is 6.92 Å². The molecule has 0 aliphatic rings. The second-order valence-electron chi connectivity index (χ2n) is 4.35. The molecule has 4 nitrogen and oxygen atoms in total. The first-order chi connectivity index (χ1) is 9.52. The van der Waals surface area contributed by atoms with E-state index in [-0.39, 0.29) is 12.5 Å². The first-order valence-corrected chi connectivity index (χ1v) is 7.18. The van der Waals surface area contributed by atoms with Crippen molar-refractivity contribution in [2.24, 2.45) is 5.10 Å². The standard InChI is InChI=1S/C14H18Cl2N2O2/c1-3-4-5-10(2)17-18-14(19)9-20-13-7-6-11(15)8-12(13)16/h6-8H,3-5,9H2,1-2H3,(H,18,19)/b17-10+. The summed E-state index contributed by atoms with van der Waals surface area (Å²) in [6.45, 7) is 3.84. The topological polar surface area (TPSA) is 50.7 Å². The second kappa shape index (κ2) is 8.82. The van der Waals surface area contributed by atoms with Gasteiger partial charge in [-0.25, -0.2) is 5.43 Å². The summed E-state index contributed by atoms with van der Waals surface area (Å²) in [5, 5.41) is 4.88. The third kappa shape index (κ3) is 6.26. The quantitative estimate of drug-likeness (QED) is 0.609. The molecular formula is C14H18Cl2N2O2. The minimum absolute atomic E-state index is 0.147. The van der Waals surface area contributed by atoms with E-state index in [0.717, 1.165) is 25.0 Å². The molecule has 0 aliphatic carbocycles. The summed E-state index contributed by atoms with van der Waals surface area (Å²) in [7, 11) is 0. The molecule has 20 heavy (non-hydrogen) atoms. The van der Waals surface area contributed by atoms with Gasteiger partial charge >= 0.3 is 0 Å². The highest BCUT2D eigenvalue weighted by Crippen LogP contribution is 2.27. The largest absolute Gasteiger partial charge is 0.482 e. The van der Waals surface area contributed by atoms with Gasteiger partial charge in [0, 0.05) is 10.7 Å². The molecule has 1 N–H and O–H groups in total. The maximum Gasteiger partial charge on any atom is 0.277 e. The second-order valence-corrected chi connectivity index (χ2v) is 5.19. The molecule has 0 aromatic heterocycles. The molecule has 1 aromatic rings. The van der Waals surface area contributed by atoms with E-state index in [1.54, 1.807) is 18.2 Å². The van der Waals surface area contributed by atoms with E-state index in [1.165, 1.54) is 0 Å². The van der Waals surface area contributed by atoms with E-state index in [2.05, 4.69) is 17.5 Å². The van der Waals surface area contributed by atoms with Crippen molar-refractivity contribution in [2.75, 3.05) is 6.61 Å². The van der Waals surface area contributed by atoms with Crippen LogP contribution in [0.2, 0.25) is 10.0 Å². The zero-order valence-corrected chi connectivity index (χ0v) is 13.1. The van der Waals surface area contributed by atoms with E-state index in [4.69, 9.17) is 27.9 Å². The van der Waals surface area contributed by atoms with Crippen LogP contribution in [-0.4, -0.2) is 18.2 Å². The molecule has 110 valence electrons. The van der Waals surface area contributed by atoms with Gasteiger partial charge < -0.3 is 4.74 Å². The molecule has 1 rings (SSSR count). The van der Waals surface area contributed by atoms with Crippen molar-refractivity contribution in [3.8, 4) is 5.75 Å². The Bertz CT molecular complexity index is 490. The van der Waals surface area contributed by atoms with Gasteiger partial charge in [-0.15, -0.1) is 0 Å². The molecule has 0 saturated heterocycles. The summed E-state index contributed by atoms with van der Waals surface area (Å²) in [5.74, 6) is 0.0877. The Kier molecular flexibility index (Phi) is 7.41. The van der Waals surface area contributed by atoms with Crippen LogP contribution in [0.15, 0.2) is 23.3 Å². The fourth-order valence-corrected chi connectivity index (χ4v) is 1.88. The summed E-state index contributed by atoms with van der Waals surface area (Å²) < 4.78 is 5.30. The maximum absolute atomic E-state index is 11.6. The smallest absolute Gasteiger partial charge is 0.277 e. The lowest BCUT2D eigenvalue weighted by atomic mass is 10.2. The van der Waals surface area contributed by atoms with Gasteiger partial charge in [-0.3, -0.25) is 4.79 Å². The van der Waals surface area contributed by atoms with Crippen LogP contribution in [0.4, 0.5) is 0 Å². The number of nitrogens with one attached hydrogen (secondary N) is 1. The number of hydrazone groups is 1. The fraction of sp³-hybridized carbons (Fsp3) is 0.429. The van der Waals surface area contributed by atoms with Gasteiger partial charge in [-0.1, -0.05) is 36.5 Å². The summed E-state index contributed by atoms with van der Waals surface area (Å²) in [4.78, 5) is 11.6. The molecule has 0 atom stereocenters. The molecule has 0 aliphatic heterocycles. The Morgan fingerprint density at radius 2 is 2.15 bits per heavy atom. The van der Waals surface area contributed by atoms with E-state index in [9.17, 15) is 4.79 Å². The number of nitrogens with zero attached hydrogens (tertiary/aromatic N) is 1. The molecule has 0 unspecified atom stereocenters. The Balaban J connectivity index is 2.39. The third-order valence-electron chi connectivity index (χ3n) is 2.52. The number of unbranched alkanes of at least 4 members (excludes halogenated alkanes) is 1. The molecule has 0 heterocycles. The van der Waals surface area contributed by atoms with E-state index >= 15 is 0 Å². The molecule has 1 amide bonds. The minimum Gasteiger partial charge on any atom is -0.482 e. The lowest BCUT2D eigenvalue weighted by molar-refractivity contribution is -0.123. The highest BCUT2D eigenvalue weighted by Gasteiger charge is 2.06. The molecule has 0 saturated carbocycles. The number of rotatable bonds is 7. The number of ether oxygens (including phenoxy) is 1. The van der Waals surface area contributed by atoms with Crippen molar-refractivity contribution in [3.05, 3.63) is 28.2 Å². The Morgan fingerprint density at radius 3 is 2.80 bits per heavy atom. The van der Waals surface area contributed by atoms with Gasteiger partial charge in [-0.2, -0.15) is 5.10 Å². The summed E-state index contributed by atoms with van der Waals surface area (Å²) in [6, 6.07) is 4.82. The average Bonchev–Trinajstić information content (AvgIpc) is 2.41. The van der Waals surface area contributed by atoms with Crippen LogP contribution in [0.1, 0.15) is 33.1 Å². The number of benzene rings is 1. The predicted molar refractivity (Wildman–Crippen MR) is 82.7 cm³/mol. The van der Waals surface area contributed by atoms with Crippen molar-refractivity contribution in [1.82, 2.24) is 5.43 Å². The van der Waals surface area contributed by atoms with Crippen LogP contribution in [-0.2, 0) is 4.79 Å². The molecule has 0 fully saturated rings. The molecule has 0 bridgehead atoms. The van der Waals surface area contributed by atoms with E-state index in [0.29, 0.717) is 15.8 Å². The van der Waals surface area contributed by atoms with Crippen LogP contribution in [0.5, 0.6) is 5.75 Å². The monoisotopic (exact) mass is 316 g/mol. The predicted octanol–water partition coefficient (Wildman–Crippen LogP) is 4.05. The summed E-state index contributed by atoms with van der Waals surface area (Å²) >= 11 is 11.7. The summed E-state index contributed by atoms with van der Waals surface area (Å²) in [5.41, 5.74) is 3.34. The average molecular weight is 317 g/mol. The Hall–Kier alpha value is -1.26. The Labute approximate surface area is 129 Å². The maximum atomic E-state index is 11.6. The molecule has 1 aromatic carbocycles. The number of hydrogen-bond acceptors (Lipinski definition) is 3. The van der Waals surface area contributed by atoms with Gasteiger partial charge in [0.1, 0.15) is 5.75 Å². The lowest BCUT2D eigenvalue weighted by Crippen LogP contribution is -2.25. The van der Waals surface area contributed by atoms with Crippen LogP contribution in [0.25, 0.3) is 0 Å². The first kappa shape index (κ1) is 16.8. The Morgan fingerprint density at radius 1 is 1.40 bits per heavy atom. The highest BCUT2D eigenvalue weighted by molar-refractivity contribution is 6.35. The SMILES string of the molecule is CCCC/C(C)=N/NC(=O)COc1ccc(Cl)cc1Cl. The molecular weight excluding hydrogens is 299 g/mol. The summed E-state index contributed by atoms with van der Waals surface area (Å²) in [6.07, 6.45) is 3.03. The van der Waals surface area contributed by atoms with Gasteiger partial charge in [0.2, 0.25) is 0 Å². The van der Waals surface area contributed by atoms with Gasteiger partial charge in [-0.05, 0) is 38.0 Å². The van der Waals surface area contributed by atoms with Crippen molar-refractivity contribution in [1.29, 1.82) is 0 Å². The van der Waals surface area contributed by atoms with Crippen LogP contribution < -0.4 is 10.2 Å². The minimum atomic E-state index is -0.327. The number of amides is 1. The molecule has 0 radical (unpaired) electrons. The third-order valence-corrected chi connectivity index (χ3v) is 3.05. The van der Waals surface area contributed by atoms with Crippen molar-refractivity contribution in [2.45, 2.75) is 33.1 Å². The van der Waals surface area contributed by atoms with Gasteiger partial charge in [0.15, 0.2) is 6.61 Å². The first-order valence-electron chi connectivity index (χ1n) is 6.42.